The summed E-state index contributed by atoms with van der Waals surface area (Å²) in [5, 5.41) is 0. The van der Waals surface area contributed by atoms with Crippen LogP contribution in [-0.2, 0) is 4.79 Å². The van der Waals surface area contributed by atoms with Gasteiger partial charge in [-0.3, -0.25) is 4.79 Å². The van der Waals surface area contributed by atoms with E-state index < -0.39 is 0 Å². The largest absolute Gasteiger partial charge is 0.300 e. The van der Waals surface area contributed by atoms with Crippen LogP contribution in [0.5, 0.6) is 0 Å². The molecule has 1 nitrogen and oxygen atoms in total. The zero-order valence-electron chi connectivity index (χ0n) is 4.53. The molecule has 0 bridgehead atoms. The average Bonchev–Trinajstić information content (AvgIpc) is 1.87. The zero-order valence-corrected chi connectivity index (χ0v) is 4.53. The molecule has 0 unspecified atom stereocenters. The molecule has 1 aliphatic carbocycles. The highest BCUT2D eigenvalue weighted by Crippen LogP contribution is 2.22. The van der Waals surface area contributed by atoms with E-state index in [2.05, 4.69) is 0 Å². The summed E-state index contributed by atoms with van der Waals surface area (Å²) in [6, 6.07) is 0. The number of hydrogen-bond donors (Lipinski definition) is 0. The van der Waals surface area contributed by atoms with Crippen LogP contribution in [0.25, 0.3) is 0 Å². The predicted molar refractivity (Wildman–Crippen MR) is 27.8 cm³/mol. The Balaban J connectivity index is 2.40. The second kappa shape index (κ2) is 1.65. The Bertz CT molecular complexity index is 86.2. The van der Waals surface area contributed by atoms with Crippen LogP contribution in [0, 0.1) is 5.92 Å². The van der Waals surface area contributed by atoms with E-state index in [-0.39, 0.29) is 0 Å². The third-order valence-electron chi connectivity index (χ3n) is 1.33. The molecule has 0 aromatic heterocycles. The van der Waals surface area contributed by atoms with E-state index in [9.17, 15) is 4.79 Å². The lowest BCUT2D eigenvalue weighted by Crippen LogP contribution is -1.85. The molecule has 1 radical (unpaired) electrons. The van der Waals surface area contributed by atoms with Gasteiger partial charge >= 0.3 is 0 Å². The molecule has 0 heterocycles. The first kappa shape index (κ1) is 4.82. The standard InChI is InChI=1S/C6H9O/c1-5-2-3-6(7)4-5/h2-4H2,1H3. The van der Waals surface area contributed by atoms with Gasteiger partial charge in [0.1, 0.15) is 5.78 Å². The van der Waals surface area contributed by atoms with Gasteiger partial charge in [0.05, 0.1) is 0 Å². The Kier molecular flexibility index (Phi) is 1.13. The third kappa shape index (κ3) is 1.02. The van der Waals surface area contributed by atoms with E-state index >= 15 is 0 Å². The van der Waals surface area contributed by atoms with Gasteiger partial charge in [0.25, 0.3) is 0 Å². The van der Waals surface area contributed by atoms with Crippen LogP contribution in [0.4, 0.5) is 0 Å². The van der Waals surface area contributed by atoms with E-state index in [0.29, 0.717) is 5.78 Å². The first-order valence-electron chi connectivity index (χ1n) is 2.62. The summed E-state index contributed by atoms with van der Waals surface area (Å²) >= 11 is 0. The third-order valence-corrected chi connectivity index (χ3v) is 1.33. The van der Waals surface area contributed by atoms with Crippen LogP contribution in [-0.4, -0.2) is 5.78 Å². The zero-order chi connectivity index (χ0) is 5.28. The smallest absolute Gasteiger partial charge is 0.133 e. The van der Waals surface area contributed by atoms with Crippen molar-refractivity contribution in [2.45, 2.75) is 26.2 Å². The highest BCUT2D eigenvalue weighted by Gasteiger charge is 2.17. The molecule has 1 rings (SSSR count). The maximum atomic E-state index is 10.4. The van der Waals surface area contributed by atoms with Crippen molar-refractivity contribution in [3.63, 3.8) is 0 Å². The van der Waals surface area contributed by atoms with Gasteiger partial charge < -0.3 is 0 Å². The second-order valence-corrected chi connectivity index (χ2v) is 2.17. The maximum Gasteiger partial charge on any atom is 0.133 e. The fourth-order valence-electron chi connectivity index (χ4n) is 0.866. The lowest BCUT2D eigenvalue weighted by atomic mass is 10.1. The number of rotatable bonds is 0. The minimum Gasteiger partial charge on any atom is -0.300 e. The van der Waals surface area contributed by atoms with Crippen LogP contribution >= 0.6 is 0 Å². The monoisotopic (exact) mass is 97.1 g/mol. The SMILES string of the molecule is C[C]1CCC(=O)C1. The molecule has 1 heteroatoms. The summed E-state index contributed by atoms with van der Waals surface area (Å²) in [7, 11) is 0. The minimum absolute atomic E-state index is 0.414. The van der Waals surface area contributed by atoms with Gasteiger partial charge in [-0.2, -0.15) is 0 Å². The van der Waals surface area contributed by atoms with Crippen molar-refractivity contribution < 1.29 is 4.79 Å². The molecule has 39 valence electrons. The molecule has 0 spiro atoms. The van der Waals surface area contributed by atoms with Crippen LogP contribution < -0.4 is 0 Å². The molecule has 0 aromatic rings. The summed E-state index contributed by atoms with van der Waals surface area (Å²) in [5.41, 5.74) is 0. The van der Waals surface area contributed by atoms with Crippen molar-refractivity contribution in [2.75, 3.05) is 0 Å². The lowest BCUT2D eigenvalue weighted by Gasteiger charge is -1.89. The predicted octanol–water partition coefficient (Wildman–Crippen LogP) is 1.33. The maximum absolute atomic E-state index is 10.4. The summed E-state index contributed by atoms with van der Waals surface area (Å²) in [6.45, 7) is 2.05. The van der Waals surface area contributed by atoms with Crippen molar-refractivity contribution in [3.8, 4) is 0 Å². The van der Waals surface area contributed by atoms with Crippen molar-refractivity contribution in [1.82, 2.24) is 0 Å². The fraction of sp³-hybridized carbons (Fsp3) is 0.667. The lowest BCUT2D eigenvalue weighted by molar-refractivity contribution is -0.117. The van der Waals surface area contributed by atoms with Gasteiger partial charge in [0, 0.05) is 12.8 Å². The van der Waals surface area contributed by atoms with Crippen LogP contribution in [0.1, 0.15) is 26.2 Å². The Hall–Kier alpha value is -0.330. The average molecular weight is 97.1 g/mol. The number of hydrogen-bond acceptors (Lipinski definition) is 1. The van der Waals surface area contributed by atoms with Crippen molar-refractivity contribution >= 4 is 5.78 Å². The Morgan fingerprint density at radius 1 is 1.43 bits per heavy atom. The number of carbonyl (C=O) groups excluding carboxylic acids is 1. The Morgan fingerprint density at radius 3 is 2.29 bits per heavy atom. The van der Waals surface area contributed by atoms with Crippen molar-refractivity contribution in [2.24, 2.45) is 0 Å². The van der Waals surface area contributed by atoms with Gasteiger partial charge in [-0.15, -0.1) is 0 Å². The summed E-state index contributed by atoms with van der Waals surface area (Å²) < 4.78 is 0. The topological polar surface area (TPSA) is 17.1 Å². The molecule has 0 saturated heterocycles. The van der Waals surface area contributed by atoms with Crippen molar-refractivity contribution in [1.29, 1.82) is 0 Å². The minimum atomic E-state index is 0.414. The van der Waals surface area contributed by atoms with Gasteiger partial charge in [-0.1, -0.05) is 6.92 Å². The molecule has 1 saturated carbocycles. The number of Topliss-reactive ketones (excluding diaryl/α,β-unsaturated/α-hetero) is 1. The molecule has 0 atom stereocenters. The molecule has 1 aliphatic rings. The van der Waals surface area contributed by atoms with E-state index in [1.54, 1.807) is 0 Å². The normalized spacial score (nSPS) is 23.9. The molecular formula is C6H9O. The van der Waals surface area contributed by atoms with E-state index in [4.69, 9.17) is 0 Å². The van der Waals surface area contributed by atoms with Crippen LogP contribution in [0.2, 0.25) is 0 Å². The first-order chi connectivity index (χ1) is 3.29. The molecule has 0 aliphatic heterocycles. The molecular weight excluding hydrogens is 88.1 g/mol. The van der Waals surface area contributed by atoms with E-state index in [1.165, 1.54) is 5.92 Å². The molecule has 0 N–H and O–H groups in total. The Morgan fingerprint density at radius 2 is 2.14 bits per heavy atom. The molecule has 1 fully saturated rings. The highest BCUT2D eigenvalue weighted by atomic mass is 16.1. The highest BCUT2D eigenvalue weighted by molar-refractivity contribution is 5.82. The fourth-order valence-corrected chi connectivity index (χ4v) is 0.866. The van der Waals surface area contributed by atoms with E-state index in [1.807, 2.05) is 6.92 Å². The molecule has 0 aromatic carbocycles. The van der Waals surface area contributed by atoms with Gasteiger partial charge in [-0.25, -0.2) is 0 Å². The molecule has 0 amide bonds. The molecule has 7 heavy (non-hydrogen) atoms. The number of ketones is 1. The van der Waals surface area contributed by atoms with Crippen molar-refractivity contribution in [3.05, 3.63) is 5.92 Å². The summed E-state index contributed by atoms with van der Waals surface area (Å²) in [5.74, 6) is 1.77. The van der Waals surface area contributed by atoms with Crippen LogP contribution in [0.15, 0.2) is 0 Å². The first-order valence-corrected chi connectivity index (χ1v) is 2.62. The van der Waals surface area contributed by atoms with Crippen LogP contribution in [0.3, 0.4) is 0 Å². The van der Waals surface area contributed by atoms with E-state index in [0.717, 1.165) is 19.3 Å². The Labute approximate surface area is 43.7 Å². The summed E-state index contributed by atoms with van der Waals surface area (Å²) in [6.07, 6.45) is 2.59. The van der Waals surface area contributed by atoms with Gasteiger partial charge in [0.15, 0.2) is 0 Å². The summed E-state index contributed by atoms with van der Waals surface area (Å²) in [4.78, 5) is 10.4. The number of carbonyl (C=O) groups is 1. The van der Waals surface area contributed by atoms with Gasteiger partial charge in [-0.05, 0) is 12.3 Å². The van der Waals surface area contributed by atoms with Gasteiger partial charge in [0.2, 0.25) is 0 Å². The quantitative estimate of drug-likeness (QED) is 0.445. The second-order valence-electron chi connectivity index (χ2n) is 2.17.